The molecule has 0 aromatic heterocycles. The van der Waals surface area contributed by atoms with E-state index < -0.39 is 12.1 Å². The van der Waals surface area contributed by atoms with E-state index in [9.17, 15) is 15.0 Å². The number of aliphatic hydroxyl groups is 2. The number of hydrogen-bond acceptors (Lipinski definition) is 3. The average molecular weight is 832 g/mol. The third kappa shape index (κ3) is 48.0. The van der Waals surface area contributed by atoms with Crippen molar-refractivity contribution in [3.63, 3.8) is 0 Å². The Bertz CT molecular complexity index is 814. The highest BCUT2D eigenvalue weighted by Gasteiger charge is 2.20. The normalized spacial score (nSPS) is 12.8. The van der Waals surface area contributed by atoms with Crippen molar-refractivity contribution in [2.45, 2.75) is 328 Å². The molecule has 0 saturated heterocycles. The average Bonchev–Trinajstić information content (AvgIpc) is 3.24. The van der Waals surface area contributed by atoms with Crippen LogP contribution in [0.5, 0.6) is 0 Å². The van der Waals surface area contributed by atoms with Crippen LogP contribution in [0, 0.1) is 0 Å². The number of unbranched alkanes of at least 4 members (excludes halogenated alkanes) is 42. The van der Waals surface area contributed by atoms with E-state index in [-0.39, 0.29) is 12.5 Å². The highest BCUT2D eigenvalue weighted by atomic mass is 16.3. The van der Waals surface area contributed by atoms with Gasteiger partial charge in [0.25, 0.3) is 0 Å². The van der Waals surface area contributed by atoms with Crippen LogP contribution in [0.3, 0.4) is 0 Å². The summed E-state index contributed by atoms with van der Waals surface area (Å²) in [5, 5.41) is 23.2. The largest absolute Gasteiger partial charge is 0.394 e. The maximum absolute atomic E-state index is 12.4. The number of allylic oxidation sites excluding steroid dienone is 2. The van der Waals surface area contributed by atoms with E-state index in [0.29, 0.717) is 12.8 Å². The van der Waals surface area contributed by atoms with Gasteiger partial charge in [-0.1, -0.05) is 283 Å². The van der Waals surface area contributed by atoms with E-state index in [1.807, 2.05) is 0 Å². The topological polar surface area (TPSA) is 69.6 Å². The monoisotopic (exact) mass is 832 g/mol. The van der Waals surface area contributed by atoms with Crippen molar-refractivity contribution in [3.8, 4) is 0 Å². The summed E-state index contributed by atoms with van der Waals surface area (Å²) in [6.07, 6.45) is 66.4. The predicted molar refractivity (Wildman–Crippen MR) is 263 cm³/mol. The lowest BCUT2D eigenvalue weighted by atomic mass is 10.0. The lowest BCUT2D eigenvalue weighted by Gasteiger charge is -2.22. The minimum atomic E-state index is -0.654. The molecule has 0 aromatic carbocycles. The van der Waals surface area contributed by atoms with Gasteiger partial charge in [0.2, 0.25) is 5.91 Å². The summed E-state index contributed by atoms with van der Waals surface area (Å²) in [6.45, 7) is 4.38. The molecule has 0 heterocycles. The van der Waals surface area contributed by atoms with Crippen LogP contribution in [-0.2, 0) is 4.79 Å². The first-order valence-corrected chi connectivity index (χ1v) is 27.4. The van der Waals surface area contributed by atoms with Crippen LogP contribution >= 0.6 is 0 Å². The molecule has 3 N–H and O–H groups in total. The molecule has 2 atom stereocenters. The lowest BCUT2D eigenvalue weighted by molar-refractivity contribution is -0.123. The summed E-state index contributed by atoms with van der Waals surface area (Å²) in [5.41, 5.74) is 0. The van der Waals surface area contributed by atoms with Crippen LogP contribution in [0.2, 0.25) is 0 Å². The van der Waals surface area contributed by atoms with Gasteiger partial charge in [-0.25, -0.2) is 0 Å². The van der Waals surface area contributed by atoms with E-state index >= 15 is 0 Å². The van der Waals surface area contributed by atoms with Crippen molar-refractivity contribution in [1.29, 1.82) is 0 Å². The van der Waals surface area contributed by atoms with Gasteiger partial charge in [0, 0.05) is 6.42 Å². The zero-order valence-electron chi connectivity index (χ0n) is 40.6. The number of rotatable bonds is 51. The maximum atomic E-state index is 12.4. The Morgan fingerprint density at radius 3 is 0.932 bits per heavy atom. The second-order valence-corrected chi connectivity index (χ2v) is 19.0. The molecule has 0 aliphatic heterocycles. The maximum Gasteiger partial charge on any atom is 0.220 e. The smallest absolute Gasteiger partial charge is 0.220 e. The zero-order valence-corrected chi connectivity index (χ0v) is 40.6. The number of aliphatic hydroxyl groups excluding tert-OH is 2. The summed E-state index contributed by atoms with van der Waals surface area (Å²) in [7, 11) is 0. The standard InChI is InChI=1S/C55H109NO3/c1-3-5-7-9-11-13-15-17-18-19-20-21-22-23-24-25-26-27-28-29-30-31-32-33-34-35-36-37-38-39-41-43-45-47-49-51-55(59)56-53(52-57)54(58)50-48-46-44-42-40-16-14-12-10-8-6-4-2/h25-26,53-54,57-58H,3-24,27-52H2,1-2H3,(H,56,59)/b26-25-. The Morgan fingerprint density at radius 2 is 0.644 bits per heavy atom. The minimum Gasteiger partial charge on any atom is -0.394 e. The molecule has 2 unspecified atom stereocenters. The Kier molecular flexibility index (Phi) is 50.7. The summed E-state index contributed by atoms with van der Waals surface area (Å²) in [6, 6.07) is -0.531. The van der Waals surface area contributed by atoms with Crippen molar-refractivity contribution in [1.82, 2.24) is 5.32 Å². The van der Waals surface area contributed by atoms with Crippen LogP contribution in [0.4, 0.5) is 0 Å². The van der Waals surface area contributed by atoms with Crippen LogP contribution < -0.4 is 5.32 Å². The fraction of sp³-hybridized carbons (Fsp3) is 0.945. The summed E-state index contributed by atoms with van der Waals surface area (Å²) in [5.74, 6) is -0.0264. The number of carbonyl (C=O) groups excluding carboxylic acids is 1. The number of hydrogen-bond donors (Lipinski definition) is 3. The Morgan fingerprint density at radius 1 is 0.390 bits per heavy atom. The van der Waals surface area contributed by atoms with Gasteiger partial charge in [-0.2, -0.15) is 0 Å². The van der Waals surface area contributed by atoms with Crippen LogP contribution in [0.1, 0.15) is 316 Å². The van der Waals surface area contributed by atoms with E-state index in [2.05, 4.69) is 31.3 Å². The molecule has 352 valence electrons. The van der Waals surface area contributed by atoms with Gasteiger partial charge in [0.1, 0.15) is 0 Å². The molecule has 0 fully saturated rings. The summed E-state index contributed by atoms with van der Waals surface area (Å²) in [4.78, 5) is 12.4. The van der Waals surface area contributed by atoms with E-state index in [4.69, 9.17) is 0 Å². The fourth-order valence-corrected chi connectivity index (χ4v) is 8.83. The molecule has 0 radical (unpaired) electrons. The van der Waals surface area contributed by atoms with Crippen molar-refractivity contribution < 1.29 is 15.0 Å². The predicted octanol–water partition coefficient (Wildman–Crippen LogP) is 17.8. The van der Waals surface area contributed by atoms with Crippen LogP contribution in [-0.4, -0.2) is 34.9 Å². The third-order valence-electron chi connectivity index (χ3n) is 13.0. The van der Waals surface area contributed by atoms with Gasteiger partial charge < -0.3 is 15.5 Å². The summed E-state index contributed by atoms with van der Waals surface area (Å²) >= 11 is 0. The molecule has 4 nitrogen and oxygen atoms in total. The van der Waals surface area contributed by atoms with E-state index in [1.54, 1.807) is 0 Å². The number of nitrogens with one attached hydrogen (secondary N) is 1. The van der Waals surface area contributed by atoms with E-state index in [1.165, 1.54) is 263 Å². The second kappa shape index (κ2) is 51.5. The molecular weight excluding hydrogens is 723 g/mol. The molecule has 0 saturated carbocycles. The van der Waals surface area contributed by atoms with Gasteiger partial charge in [-0.15, -0.1) is 0 Å². The van der Waals surface area contributed by atoms with Gasteiger partial charge in [-0.3, -0.25) is 4.79 Å². The van der Waals surface area contributed by atoms with Gasteiger partial charge >= 0.3 is 0 Å². The fourth-order valence-electron chi connectivity index (χ4n) is 8.83. The molecule has 1 amide bonds. The lowest BCUT2D eigenvalue weighted by Crippen LogP contribution is -2.45. The van der Waals surface area contributed by atoms with Crippen LogP contribution in [0.15, 0.2) is 12.2 Å². The molecule has 0 aromatic rings. The van der Waals surface area contributed by atoms with Gasteiger partial charge in [0.05, 0.1) is 18.8 Å². The molecule has 0 aliphatic carbocycles. The Balaban J connectivity index is 3.36. The van der Waals surface area contributed by atoms with Crippen molar-refractivity contribution in [3.05, 3.63) is 12.2 Å². The highest BCUT2D eigenvalue weighted by molar-refractivity contribution is 5.76. The molecular formula is C55H109NO3. The third-order valence-corrected chi connectivity index (χ3v) is 13.0. The van der Waals surface area contributed by atoms with Crippen molar-refractivity contribution in [2.24, 2.45) is 0 Å². The molecule has 0 bridgehead atoms. The second-order valence-electron chi connectivity index (χ2n) is 19.0. The van der Waals surface area contributed by atoms with Crippen LogP contribution in [0.25, 0.3) is 0 Å². The van der Waals surface area contributed by atoms with Crippen molar-refractivity contribution in [2.75, 3.05) is 6.61 Å². The zero-order chi connectivity index (χ0) is 42.8. The van der Waals surface area contributed by atoms with E-state index in [0.717, 1.165) is 25.7 Å². The number of amides is 1. The van der Waals surface area contributed by atoms with Crippen molar-refractivity contribution >= 4 is 5.91 Å². The first-order chi connectivity index (χ1) is 29.2. The quantitative estimate of drug-likeness (QED) is 0.0422. The minimum absolute atomic E-state index is 0.0264. The molecule has 0 spiro atoms. The molecule has 59 heavy (non-hydrogen) atoms. The Labute approximate surface area is 371 Å². The van der Waals surface area contributed by atoms with Gasteiger partial charge in [-0.05, 0) is 38.5 Å². The molecule has 4 heteroatoms. The highest BCUT2D eigenvalue weighted by Crippen LogP contribution is 2.18. The number of carbonyl (C=O) groups is 1. The first kappa shape index (κ1) is 58.1. The first-order valence-electron chi connectivity index (χ1n) is 27.4. The summed E-state index contributed by atoms with van der Waals surface area (Å²) < 4.78 is 0. The molecule has 0 aliphatic rings. The SMILES string of the molecule is CCCCCCCCCCCCCCCC/C=C\CCCCCCCCCCCCCCCCCCCC(=O)NC(CO)C(O)CCCCCCCCCCCCCC. The van der Waals surface area contributed by atoms with Gasteiger partial charge in [0.15, 0.2) is 0 Å². The Hall–Kier alpha value is -0.870. The molecule has 0 rings (SSSR count).